The molecular formula is C33H40F2N4O5. The smallest absolute Gasteiger partial charge is 0.409 e. The first kappa shape index (κ1) is 34.1. The van der Waals surface area contributed by atoms with Crippen LogP contribution in [0.1, 0.15) is 53.7 Å². The lowest BCUT2D eigenvalue weighted by Gasteiger charge is -2.25. The highest BCUT2D eigenvalue weighted by Crippen LogP contribution is 2.15. The number of rotatable bonds is 16. The average molecular weight is 611 g/mol. The third-order valence-electron chi connectivity index (χ3n) is 6.90. The van der Waals surface area contributed by atoms with E-state index in [9.17, 15) is 28.3 Å². The van der Waals surface area contributed by atoms with Crippen molar-refractivity contribution in [3.63, 3.8) is 0 Å². The van der Waals surface area contributed by atoms with E-state index >= 15 is 0 Å². The quantitative estimate of drug-likeness (QED) is 0.159. The van der Waals surface area contributed by atoms with Gasteiger partial charge in [-0.3, -0.25) is 14.9 Å². The number of benzene rings is 3. The van der Waals surface area contributed by atoms with Crippen molar-refractivity contribution in [2.24, 2.45) is 0 Å². The van der Waals surface area contributed by atoms with Crippen LogP contribution in [0.4, 0.5) is 19.3 Å². The van der Waals surface area contributed by atoms with E-state index < -0.39 is 35.8 Å². The number of aliphatic hydroxyl groups is 1. The number of carboxylic acid groups (broad SMARTS) is 1. The van der Waals surface area contributed by atoms with Gasteiger partial charge in [-0.2, -0.15) is 0 Å². The van der Waals surface area contributed by atoms with Crippen LogP contribution in [0.25, 0.3) is 0 Å². The fourth-order valence-corrected chi connectivity index (χ4v) is 4.92. The van der Waals surface area contributed by atoms with Crippen molar-refractivity contribution in [2.75, 3.05) is 25.0 Å². The van der Waals surface area contributed by atoms with E-state index in [2.05, 4.69) is 16.0 Å². The second-order valence-electron chi connectivity index (χ2n) is 10.6. The number of amides is 3. The van der Waals surface area contributed by atoms with Crippen LogP contribution in [0.3, 0.4) is 0 Å². The Balaban J connectivity index is 1.72. The molecule has 236 valence electrons. The molecule has 3 aromatic carbocycles. The zero-order valence-electron chi connectivity index (χ0n) is 25.0. The molecule has 0 aliphatic rings. The third-order valence-corrected chi connectivity index (χ3v) is 6.90. The molecule has 9 nitrogen and oxygen atoms in total. The van der Waals surface area contributed by atoms with E-state index in [-0.39, 0.29) is 43.0 Å². The standard InChI is InChI=1S/C33H40F2N4O5/c1-3-11-39(12-4-2)31(41)18-22-7-5-9-25(13-22)32(42)38-29(17-24-14-26(34)19-27(35)15-24)30(40)21-36-20-23-8-6-10-28(16-23)37-33(43)44/h5-10,13-16,19,29-30,36-37,40H,3-4,11-12,17-18,20-21H2,1-2H3,(H,38,42)(H,43,44)/t29-,30+/m0/s1. The molecule has 0 bridgehead atoms. The zero-order valence-corrected chi connectivity index (χ0v) is 25.0. The van der Waals surface area contributed by atoms with Crippen molar-refractivity contribution in [1.82, 2.24) is 15.5 Å². The highest BCUT2D eigenvalue weighted by Gasteiger charge is 2.23. The predicted molar refractivity (Wildman–Crippen MR) is 164 cm³/mol. The Morgan fingerprint density at radius 2 is 1.52 bits per heavy atom. The number of nitrogens with one attached hydrogen (secondary N) is 3. The molecule has 44 heavy (non-hydrogen) atoms. The van der Waals surface area contributed by atoms with Gasteiger partial charge >= 0.3 is 6.09 Å². The number of carbonyl (C=O) groups excluding carboxylic acids is 2. The van der Waals surface area contributed by atoms with Gasteiger partial charge in [-0.15, -0.1) is 0 Å². The van der Waals surface area contributed by atoms with Gasteiger partial charge in [0.1, 0.15) is 11.6 Å². The Kier molecular flexibility index (Phi) is 13.2. The highest BCUT2D eigenvalue weighted by molar-refractivity contribution is 5.95. The van der Waals surface area contributed by atoms with E-state index in [4.69, 9.17) is 5.11 Å². The predicted octanol–water partition coefficient (Wildman–Crippen LogP) is 4.74. The molecule has 2 atom stereocenters. The van der Waals surface area contributed by atoms with Crippen molar-refractivity contribution in [1.29, 1.82) is 0 Å². The molecule has 11 heteroatoms. The fourth-order valence-electron chi connectivity index (χ4n) is 4.92. The Bertz CT molecular complexity index is 1390. The molecule has 0 saturated carbocycles. The number of anilines is 1. The minimum absolute atomic E-state index is 0.0125. The lowest BCUT2D eigenvalue weighted by Crippen LogP contribution is -2.48. The first-order valence-electron chi connectivity index (χ1n) is 14.7. The molecule has 0 aliphatic heterocycles. The lowest BCUT2D eigenvalue weighted by atomic mass is 9.99. The second kappa shape index (κ2) is 17.1. The number of halogens is 2. The lowest BCUT2D eigenvalue weighted by molar-refractivity contribution is -0.130. The minimum Gasteiger partial charge on any atom is -0.465 e. The second-order valence-corrected chi connectivity index (χ2v) is 10.6. The minimum atomic E-state index is -1.19. The van der Waals surface area contributed by atoms with Crippen LogP contribution >= 0.6 is 0 Å². The maximum Gasteiger partial charge on any atom is 0.409 e. The Hall–Kier alpha value is -4.35. The van der Waals surface area contributed by atoms with E-state index in [1.807, 2.05) is 18.7 Å². The van der Waals surface area contributed by atoms with Gasteiger partial charge in [0.2, 0.25) is 5.91 Å². The van der Waals surface area contributed by atoms with Crippen LogP contribution in [-0.4, -0.2) is 64.8 Å². The summed E-state index contributed by atoms with van der Waals surface area (Å²) in [5.74, 6) is -2.08. The normalized spacial score (nSPS) is 12.3. The van der Waals surface area contributed by atoms with Crippen LogP contribution in [0.5, 0.6) is 0 Å². The average Bonchev–Trinajstić information content (AvgIpc) is 2.96. The van der Waals surface area contributed by atoms with Gasteiger partial charge in [0, 0.05) is 43.5 Å². The molecule has 3 amide bonds. The summed E-state index contributed by atoms with van der Waals surface area (Å²) >= 11 is 0. The summed E-state index contributed by atoms with van der Waals surface area (Å²) in [6.45, 7) is 5.63. The van der Waals surface area contributed by atoms with E-state index in [1.54, 1.807) is 48.5 Å². The number of hydrogen-bond donors (Lipinski definition) is 5. The number of nitrogens with zero attached hydrogens (tertiary/aromatic N) is 1. The van der Waals surface area contributed by atoms with Gasteiger partial charge in [-0.1, -0.05) is 38.1 Å². The van der Waals surface area contributed by atoms with Crippen LogP contribution < -0.4 is 16.0 Å². The molecule has 0 spiro atoms. The van der Waals surface area contributed by atoms with Gasteiger partial charge in [0.15, 0.2) is 0 Å². The van der Waals surface area contributed by atoms with Crippen molar-refractivity contribution in [3.05, 3.63) is 101 Å². The monoisotopic (exact) mass is 610 g/mol. The van der Waals surface area contributed by atoms with Crippen molar-refractivity contribution in [2.45, 2.75) is 58.2 Å². The third kappa shape index (κ3) is 11.1. The topological polar surface area (TPSA) is 131 Å². The number of aliphatic hydroxyl groups excluding tert-OH is 1. The fraction of sp³-hybridized carbons (Fsp3) is 0.364. The SMILES string of the molecule is CCCN(CCC)C(=O)Cc1cccc(C(=O)N[C@@H](Cc2cc(F)cc(F)c2)[C@H](O)CNCc2cccc(NC(=O)O)c2)c1. The van der Waals surface area contributed by atoms with Crippen LogP contribution in [-0.2, 0) is 24.2 Å². The summed E-state index contributed by atoms with van der Waals surface area (Å²) in [6.07, 6.45) is -0.574. The summed E-state index contributed by atoms with van der Waals surface area (Å²) < 4.78 is 27.9. The van der Waals surface area contributed by atoms with Crippen molar-refractivity contribution in [3.8, 4) is 0 Å². The molecule has 0 aliphatic carbocycles. The zero-order chi connectivity index (χ0) is 32.1. The molecular weight excluding hydrogens is 570 g/mol. The summed E-state index contributed by atoms with van der Waals surface area (Å²) in [4.78, 5) is 38.9. The maximum absolute atomic E-state index is 13.9. The maximum atomic E-state index is 13.9. The molecule has 0 radical (unpaired) electrons. The molecule has 3 aromatic rings. The van der Waals surface area contributed by atoms with Crippen molar-refractivity contribution >= 4 is 23.6 Å². The largest absolute Gasteiger partial charge is 0.465 e. The van der Waals surface area contributed by atoms with Gasteiger partial charge in [0.05, 0.1) is 18.6 Å². The van der Waals surface area contributed by atoms with Gasteiger partial charge in [0.25, 0.3) is 5.91 Å². The number of hydrogen-bond acceptors (Lipinski definition) is 5. The molecule has 5 N–H and O–H groups in total. The summed E-state index contributed by atoms with van der Waals surface area (Å²) in [5.41, 5.74) is 2.35. The molecule has 0 heterocycles. The van der Waals surface area contributed by atoms with Crippen LogP contribution in [0.2, 0.25) is 0 Å². The summed E-state index contributed by atoms with van der Waals surface area (Å²) in [6, 6.07) is 15.5. The molecule has 0 saturated heterocycles. The summed E-state index contributed by atoms with van der Waals surface area (Å²) in [7, 11) is 0. The number of carbonyl (C=O) groups is 3. The van der Waals surface area contributed by atoms with Gasteiger partial charge < -0.3 is 25.7 Å². The Morgan fingerprint density at radius 1 is 0.864 bits per heavy atom. The Labute approximate surface area is 256 Å². The van der Waals surface area contributed by atoms with Gasteiger partial charge in [-0.25, -0.2) is 13.6 Å². The molecule has 0 aromatic heterocycles. The summed E-state index contributed by atoms with van der Waals surface area (Å²) in [5, 5.41) is 28.2. The van der Waals surface area contributed by atoms with E-state index in [0.717, 1.165) is 36.6 Å². The Morgan fingerprint density at radius 3 is 2.18 bits per heavy atom. The molecule has 0 unspecified atom stereocenters. The molecule has 3 rings (SSSR count). The van der Waals surface area contributed by atoms with Crippen molar-refractivity contribution < 1.29 is 33.4 Å². The highest BCUT2D eigenvalue weighted by atomic mass is 19.1. The van der Waals surface area contributed by atoms with Gasteiger partial charge in [-0.05, 0) is 72.4 Å². The first-order valence-corrected chi connectivity index (χ1v) is 14.7. The van der Waals surface area contributed by atoms with Crippen LogP contribution in [0.15, 0.2) is 66.7 Å². The van der Waals surface area contributed by atoms with Crippen LogP contribution in [0, 0.1) is 11.6 Å². The molecule has 0 fully saturated rings. The van der Waals surface area contributed by atoms with E-state index in [1.165, 1.54) is 0 Å². The first-order chi connectivity index (χ1) is 21.1. The van der Waals surface area contributed by atoms with E-state index in [0.29, 0.717) is 24.3 Å².